The van der Waals surface area contributed by atoms with Crippen LogP contribution in [0.4, 0.5) is 4.39 Å². The molecule has 0 unspecified atom stereocenters. The summed E-state index contributed by atoms with van der Waals surface area (Å²) in [6.45, 7) is 2.22. The third kappa shape index (κ3) is 3.86. The molecule has 2 amide bonds. The molecule has 2 aliphatic heterocycles. The SMILES string of the molecule is O=C(Cc1ccc(F)cc1)N1C[C@@H]2COC[C@H](C1)N(C(=O)c1cccc3nnnn13)C2. The van der Waals surface area contributed by atoms with Crippen LogP contribution in [-0.2, 0) is 16.0 Å². The molecule has 0 saturated carbocycles. The van der Waals surface area contributed by atoms with Gasteiger partial charge in [-0.1, -0.05) is 18.2 Å². The van der Waals surface area contributed by atoms with Crippen LogP contribution in [0.2, 0.25) is 0 Å². The molecule has 0 aliphatic carbocycles. The molecule has 0 radical (unpaired) electrons. The van der Waals surface area contributed by atoms with E-state index in [0.29, 0.717) is 44.2 Å². The largest absolute Gasteiger partial charge is 0.379 e. The number of amides is 2. The third-order valence-corrected chi connectivity index (χ3v) is 5.79. The maximum absolute atomic E-state index is 13.4. The molecule has 3 aromatic rings. The standard InChI is InChI=1S/C21H21FN6O3/c22-16-6-4-14(5-7-16)8-20(29)26-9-15-10-27(17(11-26)13-31-12-15)21(30)18-2-1-3-19-23-24-25-28(18)19/h1-7,15,17H,8-13H2/t15-,17-/m0/s1. The van der Waals surface area contributed by atoms with Gasteiger partial charge in [0.25, 0.3) is 5.91 Å². The predicted molar refractivity (Wildman–Crippen MR) is 107 cm³/mol. The number of halogens is 1. The third-order valence-electron chi connectivity index (χ3n) is 5.79. The molecular formula is C21H21FN6O3. The Hall–Kier alpha value is -3.40. The first-order chi connectivity index (χ1) is 15.1. The van der Waals surface area contributed by atoms with Gasteiger partial charge in [0.05, 0.1) is 25.7 Å². The van der Waals surface area contributed by atoms with Gasteiger partial charge in [-0.25, -0.2) is 4.39 Å². The van der Waals surface area contributed by atoms with Crippen molar-refractivity contribution < 1.29 is 18.7 Å². The lowest BCUT2D eigenvalue weighted by Gasteiger charge is -2.31. The van der Waals surface area contributed by atoms with Crippen LogP contribution < -0.4 is 0 Å². The molecule has 9 nitrogen and oxygen atoms in total. The molecule has 2 bridgehead atoms. The lowest BCUT2D eigenvalue weighted by atomic mass is 10.1. The molecule has 0 N–H and O–H groups in total. The summed E-state index contributed by atoms with van der Waals surface area (Å²) in [5, 5.41) is 11.5. The van der Waals surface area contributed by atoms with E-state index in [1.165, 1.54) is 16.6 Å². The quantitative estimate of drug-likeness (QED) is 0.618. The maximum atomic E-state index is 13.4. The molecule has 4 heterocycles. The average molecular weight is 424 g/mol. The second-order valence-corrected chi connectivity index (χ2v) is 7.98. The molecule has 2 fully saturated rings. The molecule has 2 aliphatic rings. The maximum Gasteiger partial charge on any atom is 0.273 e. The van der Waals surface area contributed by atoms with Crippen LogP contribution in [-0.4, -0.2) is 80.5 Å². The second-order valence-electron chi connectivity index (χ2n) is 7.98. The fourth-order valence-electron chi connectivity index (χ4n) is 4.26. The van der Waals surface area contributed by atoms with E-state index in [2.05, 4.69) is 15.5 Å². The van der Waals surface area contributed by atoms with E-state index in [4.69, 9.17) is 4.74 Å². The van der Waals surface area contributed by atoms with Crippen LogP contribution in [0.5, 0.6) is 0 Å². The van der Waals surface area contributed by atoms with Gasteiger partial charge in [0.15, 0.2) is 5.65 Å². The normalized spacial score (nSPS) is 21.2. The summed E-state index contributed by atoms with van der Waals surface area (Å²) in [5.74, 6) is -0.558. The summed E-state index contributed by atoms with van der Waals surface area (Å²) in [5.41, 5.74) is 1.63. The zero-order valence-electron chi connectivity index (χ0n) is 16.7. The van der Waals surface area contributed by atoms with Crippen molar-refractivity contribution in [3.8, 4) is 0 Å². The van der Waals surface area contributed by atoms with E-state index in [1.54, 1.807) is 40.1 Å². The highest BCUT2D eigenvalue weighted by atomic mass is 19.1. The highest BCUT2D eigenvalue weighted by Gasteiger charge is 2.38. The fourth-order valence-corrected chi connectivity index (χ4v) is 4.26. The van der Waals surface area contributed by atoms with Gasteiger partial charge >= 0.3 is 0 Å². The van der Waals surface area contributed by atoms with Gasteiger partial charge in [-0.2, -0.15) is 4.52 Å². The molecule has 2 atom stereocenters. The first-order valence-corrected chi connectivity index (χ1v) is 10.2. The van der Waals surface area contributed by atoms with Gasteiger partial charge in [-0.15, -0.1) is 5.10 Å². The van der Waals surface area contributed by atoms with E-state index in [9.17, 15) is 14.0 Å². The van der Waals surface area contributed by atoms with Gasteiger partial charge in [-0.3, -0.25) is 9.59 Å². The zero-order valence-corrected chi connectivity index (χ0v) is 16.7. The number of benzene rings is 1. The van der Waals surface area contributed by atoms with Crippen molar-refractivity contribution in [2.45, 2.75) is 12.5 Å². The number of ether oxygens (including phenoxy) is 1. The lowest BCUT2D eigenvalue weighted by molar-refractivity contribution is -0.132. The summed E-state index contributed by atoms with van der Waals surface area (Å²) >= 11 is 0. The summed E-state index contributed by atoms with van der Waals surface area (Å²) in [6, 6.07) is 10.9. The molecule has 5 rings (SSSR count). The van der Waals surface area contributed by atoms with Gasteiger partial charge in [0.1, 0.15) is 11.5 Å². The van der Waals surface area contributed by atoms with Crippen molar-refractivity contribution in [1.82, 2.24) is 29.8 Å². The lowest BCUT2D eigenvalue weighted by Crippen LogP contribution is -2.48. The Morgan fingerprint density at radius 3 is 2.74 bits per heavy atom. The van der Waals surface area contributed by atoms with Crippen LogP contribution in [0.3, 0.4) is 0 Å². The predicted octanol–water partition coefficient (Wildman–Crippen LogP) is 0.806. The van der Waals surface area contributed by atoms with Crippen LogP contribution in [0, 0.1) is 11.7 Å². The number of tetrazole rings is 1. The van der Waals surface area contributed by atoms with Gasteiger partial charge in [-0.05, 0) is 40.3 Å². The molecule has 10 heteroatoms. The van der Waals surface area contributed by atoms with Crippen molar-refractivity contribution >= 4 is 17.5 Å². The number of carbonyl (C=O) groups is 2. The average Bonchev–Trinajstić information content (AvgIpc) is 3.05. The Labute approximate surface area is 177 Å². The first kappa shape index (κ1) is 19.6. The van der Waals surface area contributed by atoms with E-state index in [0.717, 1.165) is 5.56 Å². The minimum Gasteiger partial charge on any atom is -0.379 e. The van der Waals surface area contributed by atoms with E-state index in [-0.39, 0.29) is 36.0 Å². The molecule has 1 aromatic carbocycles. The van der Waals surface area contributed by atoms with E-state index >= 15 is 0 Å². The van der Waals surface area contributed by atoms with Gasteiger partial charge in [0.2, 0.25) is 5.91 Å². The minimum absolute atomic E-state index is 0.00157. The number of hydrogen-bond acceptors (Lipinski definition) is 6. The van der Waals surface area contributed by atoms with Crippen molar-refractivity contribution in [2.75, 3.05) is 32.8 Å². The summed E-state index contributed by atoms with van der Waals surface area (Å²) in [7, 11) is 0. The van der Waals surface area contributed by atoms with E-state index < -0.39 is 0 Å². The topological polar surface area (TPSA) is 92.9 Å². The highest BCUT2D eigenvalue weighted by Crippen LogP contribution is 2.23. The second kappa shape index (κ2) is 8.03. The Balaban J connectivity index is 1.37. The summed E-state index contributed by atoms with van der Waals surface area (Å²) in [4.78, 5) is 30.0. The molecule has 31 heavy (non-hydrogen) atoms. The monoisotopic (exact) mass is 424 g/mol. The van der Waals surface area contributed by atoms with Crippen molar-refractivity contribution in [2.24, 2.45) is 5.92 Å². The van der Waals surface area contributed by atoms with Crippen LogP contribution in [0.15, 0.2) is 42.5 Å². The molecule has 0 spiro atoms. The number of rotatable bonds is 3. The molecule has 2 aromatic heterocycles. The Morgan fingerprint density at radius 2 is 1.90 bits per heavy atom. The number of carbonyl (C=O) groups excluding carboxylic acids is 2. The first-order valence-electron chi connectivity index (χ1n) is 10.2. The van der Waals surface area contributed by atoms with E-state index in [1.807, 2.05) is 0 Å². The molecule has 2 saturated heterocycles. The van der Waals surface area contributed by atoms with Gasteiger partial charge in [0, 0.05) is 25.6 Å². The highest BCUT2D eigenvalue weighted by molar-refractivity contribution is 5.93. The van der Waals surface area contributed by atoms with Crippen LogP contribution >= 0.6 is 0 Å². The zero-order chi connectivity index (χ0) is 21.4. The van der Waals surface area contributed by atoms with Crippen LogP contribution in [0.1, 0.15) is 16.1 Å². The number of nitrogens with zero attached hydrogens (tertiary/aromatic N) is 6. The van der Waals surface area contributed by atoms with Crippen LogP contribution in [0.25, 0.3) is 5.65 Å². The molecular weight excluding hydrogens is 403 g/mol. The van der Waals surface area contributed by atoms with Gasteiger partial charge < -0.3 is 14.5 Å². The fraction of sp³-hybridized carbons (Fsp3) is 0.381. The van der Waals surface area contributed by atoms with Crippen molar-refractivity contribution in [1.29, 1.82) is 0 Å². The Morgan fingerprint density at radius 1 is 1.06 bits per heavy atom. The number of aromatic nitrogens is 4. The van der Waals surface area contributed by atoms with Crippen molar-refractivity contribution in [3.63, 3.8) is 0 Å². The smallest absolute Gasteiger partial charge is 0.273 e. The number of pyridine rings is 1. The summed E-state index contributed by atoms with van der Waals surface area (Å²) in [6.07, 6.45) is 0.193. The number of fused-ring (bicyclic) bond motifs is 4. The summed E-state index contributed by atoms with van der Waals surface area (Å²) < 4.78 is 20.4. The Kier molecular flexibility index (Phi) is 5.06. The van der Waals surface area contributed by atoms with Crippen molar-refractivity contribution in [3.05, 3.63) is 59.5 Å². The molecule has 160 valence electrons. The Bertz CT molecular complexity index is 1120. The number of hydrogen-bond donors (Lipinski definition) is 0. The minimum atomic E-state index is -0.329.